The minimum atomic E-state index is 0. The fourth-order valence-corrected chi connectivity index (χ4v) is 4.35. The number of guanidine groups is 1. The Balaban J connectivity index is 0.00000385. The van der Waals surface area contributed by atoms with Crippen LogP contribution >= 0.6 is 24.0 Å². The zero-order valence-corrected chi connectivity index (χ0v) is 22.5. The van der Waals surface area contributed by atoms with E-state index < -0.39 is 0 Å². The van der Waals surface area contributed by atoms with E-state index in [2.05, 4.69) is 33.8 Å². The quantitative estimate of drug-likeness (QED) is 0.239. The molecule has 9 heteroatoms. The SMILES string of the molecule is CCNC(=NCc1cccc(OC)c1OC1CCCC1)NC1CCN(CC(=O)NC)CC1.I. The second-order valence-corrected chi connectivity index (χ2v) is 8.54. The summed E-state index contributed by atoms with van der Waals surface area (Å²) in [6, 6.07) is 6.35. The van der Waals surface area contributed by atoms with Gasteiger partial charge >= 0.3 is 0 Å². The summed E-state index contributed by atoms with van der Waals surface area (Å²) in [6.45, 7) is 5.66. The van der Waals surface area contributed by atoms with Gasteiger partial charge in [0.05, 0.1) is 26.3 Å². The van der Waals surface area contributed by atoms with Crippen LogP contribution in [0.1, 0.15) is 51.0 Å². The Morgan fingerprint density at radius 2 is 1.91 bits per heavy atom. The second kappa shape index (κ2) is 14.5. The van der Waals surface area contributed by atoms with Gasteiger partial charge in [-0.25, -0.2) is 4.99 Å². The highest BCUT2D eigenvalue weighted by atomic mass is 127. The summed E-state index contributed by atoms with van der Waals surface area (Å²) >= 11 is 0. The van der Waals surface area contributed by atoms with Crippen LogP contribution in [-0.2, 0) is 11.3 Å². The van der Waals surface area contributed by atoms with Crippen LogP contribution < -0.4 is 25.4 Å². The number of para-hydroxylation sites is 1. The number of halogens is 1. The number of hydrogen-bond acceptors (Lipinski definition) is 5. The Bertz CT molecular complexity index is 762. The molecule has 8 nitrogen and oxygen atoms in total. The first kappa shape index (κ1) is 27.5. The number of rotatable bonds is 9. The van der Waals surface area contributed by atoms with Gasteiger partial charge in [0.1, 0.15) is 0 Å². The van der Waals surface area contributed by atoms with Gasteiger partial charge in [-0.15, -0.1) is 24.0 Å². The number of amides is 1. The van der Waals surface area contributed by atoms with E-state index in [0.29, 0.717) is 19.1 Å². The highest BCUT2D eigenvalue weighted by Gasteiger charge is 2.22. The number of nitrogens with zero attached hydrogens (tertiary/aromatic N) is 2. The number of carbonyl (C=O) groups excluding carboxylic acids is 1. The van der Waals surface area contributed by atoms with Gasteiger partial charge in [0, 0.05) is 38.3 Å². The standard InChI is InChI=1S/C24H39N5O3.HI/c1-4-26-24(28-19-12-14-29(15-13-19)17-22(30)25-2)27-16-18-8-7-11-21(31-3)23(18)32-20-9-5-6-10-20;/h7-8,11,19-20H,4-6,9-10,12-17H2,1-3H3,(H,25,30)(H2,26,27,28);1H. The van der Waals surface area contributed by atoms with E-state index in [9.17, 15) is 4.79 Å². The highest BCUT2D eigenvalue weighted by molar-refractivity contribution is 14.0. The first-order valence-corrected chi connectivity index (χ1v) is 11.9. The van der Waals surface area contributed by atoms with Crippen molar-refractivity contribution in [2.45, 2.75) is 64.1 Å². The number of likely N-dealkylation sites (N-methyl/N-ethyl adjacent to an activating group) is 1. The van der Waals surface area contributed by atoms with E-state index in [0.717, 1.165) is 68.3 Å². The average Bonchev–Trinajstić information content (AvgIpc) is 3.32. The van der Waals surface area contributed by atoms with E-state index in [1.54, 1.807) is 14.2 Å². The van der Waals surface area contributed by atoms with Gasteiger partial charge < -0.3 is 25.4 Å². The molecule has 1 aromatic carbocycles. The van der Waals surface area contributed by atoms with Crippen molar-refractivity contribution in [3.05, 3.63) is 23.8 Å². The molecular weight excluding hydrogens is 533 g/mol. The van der Waals surface area contributed by atoms with Gasteiger partial charge in [-0.3, -0.25) is 9.69 Å². The van der Waals surface area contributed by atoms with E-state index in [-0.39, 0.29) is 36.0 Å². The highest BCUT2D eigenvalue weighted by Crippen LogP contribution is 2.35. The molecule has 1 aliphatic carbocycles. The van der Waals surface area contributed by atoms with Crippen molar-refractivity contribution in [3.63, 3.8) is 0 Å². The minimum absolute atomic E-state index is 0. The van der Waals surface area contributed by atoms with E-state index in [1.807, 2.05) is 12.1 Å². The van der Waals surface area contributed by atoms with Crippen molar-refractivity contribution < 1.29 is 14.3 Å². The van der Waals surface area contributed by atoms with Gasteiger partial charge in [-0.1, -0.05) is 12.1 Å². The summed E-state index contributed by atoms with van der Waals surface area (Å²) in [5.41, 5.74) is 1.04. The molecule has 1 aromatic rings. The maximum Gasteiger partial charge on any atom is 0.233 e. The fourth-order valence-electron chi connectivity index (χ4n) is 4.35. The third kappa shape index (κ3) is 8.51. The maximum absolute atomic E-state index is 11.6. The van der Waals surface area contributed by atoms with E-state index in [1.165, 1.54) is 12.8 Å². The van der Waals surface area contributed by atoms with Gasteiger partial charge in [0.15, 0.2) is 17.5 Å². The van der Waals surface area contributed by atoms with Gasteiger partial charge in [-0.05, 0) is 51.5 Å². The van der Waals surface area contributed by atoms with Crippen molar-refractivity contribution in [2.75, 3.05) is 40.3 Å². The molecular formula is C24H40IN5O3. The Kier molecular flexibility index (Phi) is 12.1. The molecule has 3 rings (SSSR count). The lowest BCUT2D eigenvalue weighted by Crippen LogP contribution is -2.50. The molecule has 1 amide bonds. The molecule has 2 aliphatic rings. The molecule has 1 heterocycles. The number of carbonyl (C=O) groups is 1. The number of aliphatic imine (C=N–C) groups is 1. The molecule has 186 valence electrons. The molecule has 1 saturated heterocycles. The van der Waals surface area contributed by atoms with Crippen LogP contribution in [-0.4, -0.2) is 69.2 Å². The Labute approximate surface area is 215 Å². The smallest absolute Gasteiger partial charge is 0.233 e. The average molecular weight is 574 g/mol. The zero-order chi connectivity index (χ0) is 22.8. The lowest BCUT2D eigenvalue weighted by atomic mass is 10.1. The lowest BCUT2D eigenvalue weighted by molar-refractivity contribution is -0.122. The van der Waals surface area contributed by atoms with Crippen molar-refractivity contribution >= 4 is 35.8 Å². The predicted octanol–water partition coefficient (Wildman–Crippen LogP) is 2.90. The summed E-state index contributed by atoms with van der Waals surface area (Å²) in [4.78, 5) is 18.7. The van der Waals surface area contributed by atoms with Crippen LogP contribution in [0.5, 0.6) is 11.5 Å². The molecule has 33 heavy (non-hydrogen) atoms. The molecule has 1 saturated carbocycles. The van der Waals surface area contributed by atoms with Crippen LogP contribution in [0, 0.1) is 0 Å². The summed E-state index contributed by atoms with van der Waals surface area (Å²) in [7, 11) is 3.37. The third-order valence-electron chi connectivity index (χ3n) is 6.19. The summed E-state index contributed by atoms with van der Waals surface area (Å²) in [5.74, 6) is 2.47. The molecule has 3 N–H and O–H groups in total. The molecule has 0 radical (unpaired) electrons. The number of methoxy groups -OCH3 is 1. The Morgan fingerprint density at radius 3 is 2.55 bits per heavy atom. The number of ether oxygens (including phenoxy) is 2. The summed E-state index contributed by atoms with van der Waals surface area (Å²) < 4.78 is 11.9. The van der Waals surface area contributed by atoms with Crippen LogP contribution in [0.4, 0.5) is 0 Å². The second-order valence-electron chi connectivity index (χ2n) is 8.54. The van der Waals surface area contributed by atoms with Crippen molar-refractivity contribution in [1.29, 1.82) is 0 Å². The third-order valence-corrected chi connectivity index (χ3v) is 6.19. The van der Waals surface area contributed by atoms with Gasteiger partial charge in [-0.2, -0.15) is 0 Å². The van der Waals surface area contributed by atoms with Gasteiger partial charge in [0.2, 0.25) is 5.91 Å². The first-order chi connectivity index (χ1) is 15.6. The van der Waals surface area contributed by atoms with E-state index in [4.69, 9.17) is 14.5 Å². The Hall–Kier alpha value is -1.75. The zero-order valence-electron chi connectivity index (χ0n) is 20.2. The molecule has 0 atom stereocenters. The van der Waals surface area contributed by atoms with Crippen molar-refractivity contribution in [2.24, 2.45) is 4.99 Å². The minimum Gasteiger partial charge on any atom is -0.493 e. The van der Waals surface area contributed by atoms with Crippen molar-refractivity contribution in [1.82, 2.24) is 20.9 Å². The van der Waals surface area contributed by atoms with Crippen LogP contribution in [0.3, 0.4) is 0 Å². The van der Waals surface area contributed by atoms with E-state index >= 15 is 0 Å². The van der Waals surface area contributed by atoms with Crippen molar-refractivity contribution in [3.8, 4) is 11.5 Å². The lowest BCUT2D eigenvalue weighted by Gasteiger charge is -2.32. The molecule has 0 aromatic heterocycles. The van der Waals surface area contributed by atoms with Crippen LogP contribution in [0.25, 0.3) is 0 Å². The number of likely N-dealkylation sites (tertiary alicyclic amines) is 1. The summed E-state index contributed by atoms with van der Waals surface area (Å²) in [6.07, 6.45) is 6.88. The molecule has 0 unspecified atom stereocenters. The number of nitrogens with one attached hydrogen (secondary N) is 3. The molecule has 1 aliphatic heterocycles. The predicted molar refractivity (Wildman–Crippen MR) is 143 cm³/mol. The molecule has 2 fully saturated rings. The topological polar surface area (TPSA) is 87.2 Å². The van der Waals surface area contributed by atoms with Gasteiger partial charge in [0.25, 0.3) is 0 Å². The normalized spacial score (nSPS) is 17.8. The van der Waals surface area contributed by atoms with Crippen LogP contribution in [0.2, 0.25) is 0 Å². The first-order valence-electron chi connectivity index (χ1n) is 11.9. The number of piperidine rings is 1. The fraction of sp³-hybridized carbons (Fsp3) is 0.667. The number of hydrogen-bond donors (Lipinski definition) is 3. The van der Waals surface area contributed by atoms with Crippen LogP contribution in [0.15, 0.2) is 23.2 Å². The monoisotopic (exact) mass is 573 g/mol. The number of benzene rings is 1. The largest absolute Gasteiger partial charge is 0.493 e. The maximum atomic E-state index is 11.6. The molecule has 0 bridgehead atoms. The molecule has 0 spiro atoms. The Morgan fingerprint density at radius 1 is 1.18 bits per heavy atom. The summed E-state index contributed by atoms with van der Waals surface area (Å²) in [5, 5.41) is 9.63.